The highest BCUT2D eigenvalue weighted by Gasteiger charge is 2.22. The summed E-state index contributed by atoms with van der Waals surface area (Å²) < 4.78 is 5.48. The van der Waals surface area contributed by atoms with Gasteiger partial charge in [0.25, 0.3) is 0 Å². The van der Waals surface area contributed by atoms with E-state index in [1.54, 1.807) is 18.4 Å². The molecule has 1 aliphatic rings. The lowest BCUT2D eigenvalue weighted by atomic mass is 10.0. The van der Waals surface area contributed by atoms with Crippen LogP contribution < -0.4 is 5.32 Å². The fraction of sp³-hybridized carbons (Fsp3) is 0.412. The molecule has 2 aromatic rings. The molecule has 24 heavy (non-hydrogen) atoms. The molecule has 0 atom stereocenters. The number of amides is 1. The van der Waals surface area contributed by atoms with Gasteiger partial charge in [-0.2, -0.15) is 0 Å². The Kier molecular flexibility index (Phi) is 6.66. The lowest BCUT2D eigenvalue weighted by molar-refractivity contribution is -0.131. The number of carbonyl (C=O) groups is 1. The van der Waals surface area contributed by atoms with E-state index < -0.39 is 0 Å². The number of nitrogens with zero attached hydrogens (tertiary/aromatic N) is 2. The van der Waals surface area contributed by atoms with Gasteiger partial charge in [0.1, 0.15) is 6.26 Å². The number of piperidine rings is 1. The van der Waals surface area contributed by atoms with Gasteiger partial charge in [-0.25, -0.2) is 4.98 Å². The van der Waals surface area contributed by atoms with Gasteiger partial charge in [0.2, 0.25) is 11.8 Å². The summed E-state index contributed by atoms with van der Waals surface area (Å²) in [6.07, 6.45) is 3.83. The highest BCUT2D eigenvalue weighted by atomic mass is 35.5. The van der Waals surface area contributed by atoms with Crippen LogP contribution in [0, 0.1) is 0 Å². The Morgan fingerprint density at radius 3 is 2.62 bits per heavy atom. The summed E-state index contributed by atoms with van der Waals surface area (Å²) in [6, 6.07) is 7.79. The van der Waals surface area contributed by atoms with Crippen molar-refractivity contribution >= 4 is 29.9 Å². The van der Waals surface area contributed by atoms with E-state index in [0.29, 0.717) is 22.6 Å². The highest BCUT2D eigenvalue weighted by molar-refractivity contribution is 6.30. The Morgan fingerprint density at radius 2 is 2.00 bits per heavy atom. The first kappa shape index (κ1) is 18.8. The Labute approximate surface area is 152 Å². The summed E-state index contributed by atoms with van der Waals surface area (Å²) >= 11 is 5.87. The maximum absolute atomic E-state index is 12.4. The second-order valence-electron chi connectivity index (χ2n) is 5.77. The van der Waals surface area contributed by atoms with Crippen LogP contribution in [0.3, 0.4) is 0 Å². The molecule has 5 nitrogen and oxygen atoms in total. The second kappa shape index (κ2) is 8.51. The first-order valence-corrected chi connectivity index (χ1v) is 8.19. The number of likely N-dealkylation sites (tertiary alicyclic amines) is 1. The summed E-state index contributed by atoms with van der Waals surface area (Å²) in [4.78, 5) is 18.7. The Morgan fingerprint density at radius 1 is 1.33 bits per heavy atom. The quantitative estimate of drug-likeness (QED) is 0.898. The maximum Gasteiger partial charge on any atom is 0.228 e. The predicted octanol–water partition coefficient (Wildman–Crippen LogP) is 3.17. The van der Waals surface area contributed by atoms with Gasteiger partial charge in [-0.15, -0.1) is 12.4 Å². The van der Waals surface area contributed by atoms with Crippen molar-refractivity contribution < 1.29 is 9.21 Å². The molecule has 130 valence electrons. The number of nitrogens with one attached hydrogen (secondary N) is 1. The average Bonchev–Trinajstić information content (AvgIpc) is 3.04. The maximum atomic E-state index is 12.4. The molecular formula is C17H21Cl2N3O2. The van der Waals surface area contributed by atoms with Crippen molar-refractivity contribution in [2.45, 2.75) is 25.3 Å². The third-order valence-electron chi connectivity index (χ3n) is 4.23. The number of hydrogen-bond donors (Lipinski definition) is 1. The number of carbonyl (C=O) groups excluding carboxylic acids is 1. The minimum absolute atomic E-state index is 0. The van der Waals surface area contributed by atoms with Gasteiger partial charge < -0.3 is 14.6 Å². The minimum atomic E-state index is 0. The summed E-state index contributed by atoms with van der Waals surface area (Å²) in [6.45, 7) is 1.60. The molecule has 0 radical (unpaired) electrons. The highest BCUT2D eigenvalue weighted by Crippen LogP contribution is 2.21. The van der Waals surface area contributed by atoms with Gasteiger partial charge in [0, 0.05) is 29.7 Å². The number of rotatable bonds is 4. The van der Waals surface area contributed by atoms with Crippen molar-refractivity contribution in [1.82, 2.24) is 15.2 Å². The molecule has 1 fully saturated rings. The van der Waals surface area contributed by atoms with E-state index in [1.807, 2.05) is 24.1 Å². The molecule has 1 aromatic heterocycles. The lowest BCUT2D eigenvalue weighted by Crippen LogP contribution is -2.44. The van der Waals surface area contributed by atoms with Crippen LogP contribution in [-0.2, 0) is 11.2 Å². The predicted molar refractivity (Wildman–Crippen MR) is 96.6 cm³/mol. The molecule has 0 spiro atoms. The first-order chi connectivity index (χ1) is 11.2. The Balaban J connectivity index is 0.00000208. The third kappa shape index (κ3) is 4.50. The van der Waals surface area contributed by atoms with Crippen molar-refractivity contribution in [1.29, 1.82) is 0 Å². The standard InChI is InChI=1S/C17H20ClN3O2.ClH/c1-19-14-6-8-21(9-7-14)16(22)10-15-11-23-17(20-15)12-2-4-13(18)5-3-12;/h2-5,11,14,19H,6-10H2,1H3;1H. The van der Waals surface area contributed by atoms with Gasteiger partial charge in [0.05, 0.1) is 12.1 Å². The number of hydrogen-bond acceptors (Lipinski definition) is 4. The van der Waals surface area contributed by atoms with Gasteiger partial charge in [-0.1, -0.05) is 11.6 Å². The summed E-state index contributed by atoms with van der Waals surface area (Å²) in [5, 5.41) is 3.93. The average molecular weight is 370 g/mol. The monoisotopic (exact) mass is 369 g/mol. The van der Waals surface area contributed by atoms with Crippen LogP contribution in [0.4, 0.5) is 0 Å². The van der Waals surface area contributed by atoms with Crippen molar-refractivity contribution in [2.75, 3.05) is 20.1 Å². The van der Waals surface area contributed by atoms with Gasteiger partial charge >= 0.3 is 0 Å². The normalized spacial score (nSPS) is 15.2. The van der Waals surface area contributed by atoms with E-state index in [1.165, 1.54) is 0 Å². The molecule has 0 bridgehead atoms. The zero-order valence-electron chi connectivity index (χ0n) is 13.5. The fourth-order valence-electron chi connectivity index (χ4n) is 2.80. The number of benzene rings is 1. The number of aromatic nitrogens is 1. The third-order valence-corrected chi connectivity index (χ3v) is 4.48. The van der Waals surface area contributed by atoms with Gasteiger partial charge in [-0.3, -0.25) is 4.79 Å². The SMILES string of the molecule is CNC1CCN(C(=O)Cc2coc(-c3ccc(Cl)cc3)n2)CC1.Cl. The van der Waals surface area contributed by atoms with Crippen molar-refractivity contribution in [3.8, 4) is 11.5 Å². The largest absolute Gasteiger partial charge is 0.444 e. The second-order valence-corrected chi connectivity index (χ2v) is 6.21. The number of oxazole rings is 1. The van der Waals surface area contributed by atoms with Crippen LogP contribution in [-0.4, -0.2) is 42.0 Å². The topological polar surface area (TPSA) is 58.4 Å². The van der Waals surface area contributed by atoms with Crippen LogP contribution in [0.2, 0.25) is 5.02 Å². The van der Waals surface area contributed by atoms with Gasteiger partial charge in [0.15, 0.2) is 0 Å². The Bertz CT molecular complexity index is 665. The van der Waals surface area contributed by atoms with Crippen LogP contribution in [0.15, 0.2) is 34.9 Å². The molecule has 1 aliphatic heterocycles. The van der Waals surface area contributed by atoms with E-state index >= 15 is 0 Å². The fourth-order valence-corrected chi connectivity index (χ4v) is 2.92. The van der Waals surface area contributed by atoms with E-state index in [9.17, 15) is 4.79 Å². The molecular weight excluding hydrogens is 349 g/mol. The smallest absolute Gasteiger partial charge is 0.228 e. The molecule has 3 rings (SSSR count). The first-order valence-electron chi connectivity index (χ1n) is 7.81. The summed E-state index contributed by atoms with van der Waals surface area (Å²) in [5.41, 5.74) is 1.51. The lowest BCUT2D eigenvalue weighted by Gasteiger charge is -2.31. The van der Waals surface area contributed by atoms with Crippen molar-refractivity contribution in [3.63, 3.8) is 0 Å². The van der Waals surface area contributed by atoms with E-state index in [2.05, 4.69) is 10.3 Å². The Hall–Kier alpha value is -1.56. The molecule has 1 saturated heterocycles. The summed E-state index contributed by atoms with van der Waals surface area (Å²) in [7, 11) is 1.97. The van der Waals surface area contributed by atoms with Crippen LogP contribution in [0.25, 0.3) is 11.5 Å². The molecule has 1 aromatic carbocycles. The van der Waals surface area contributed by atoms with Crippen molar-refractivity contribution in [3.05, 3.63) is 41.2 Å². The van der Waals surface area contributed by atoms with E-state index in [4.69, 9.17) is 16.0 Å². The zero-order chi connectivity index (χ0) is 16.2. The van der Waals surface area contributed by atoms with Gasteiger partial charge in [-0.05, 0) is 44.2 Å². The molecule has 1 amide bonds. The van der Waals surface area contributed by atoms with Crippen LogP contribution in [0.1, 0.15) is 18.5 Å². The van der Waals surface area contributed by atoms with E-state index in [0.717, 1.165) is 31.5 Å². The van der Waals surface area contributed by atoms with E-state index in [-0.39, 0.29) is 24.7 Å². The zero-order valence-corrected chi connectivity index (χ0v) is 15.1. The summed E-state index contributed by atoms with van der Waals surface area (Å²) in [5.74, 6) is 0.619. The molecule has 2 heterocycles. The molecule has 0 aliphatic carbocycles. The van der Waals surface area contributed by atoms with Crippen LogP contribution >= 0.6 is 24.0 Å². The minimum Gasteiger partial charge on any atom is -0.444 e. The van der Waals surface area contributed by atoms with Crippen LogP contribution in [0.5, 0.6) is 0 Å². The van der Waals surface area contributed by atoms with Crippen molar-refractivity contribution in [2.24, 2.45) is 0 Å². The number of halogens is 2. The molecule has 1 N–H and O–H groups in total. The molecule has 0 unspecified atom stereocenters. The molecule has 0 saturated carbocycles. The molecule has 7 heteroatoms.